The summed E-state index contributed by atoms with van der Waals surface area (Å²) < 4.78 is 6.16. The topological polar surface area (TPSA) is 21.3 Å². The average molecular weight is 310 g/mol. The van der Waals surface area contributed by atoms with Crippen molar-refractivity contribution < 1.29 is 4.74 Å². The summed E-state index contributed by atoms with van der Waals surface area (Å²) in [7, 11) is 0. The second-order valence-electron chi connectivity index (χ2n) is 6.16. The SMILES string of the molecule is CCCNC(C1CCCCC1)C(C)Oc1cccc(Cl)c1. The molecule has 1 saturated carbocycles. The van der Waals surface area contributed by atoms with E-state index in [1.54, 1.807) is 0 Å². The maximum atomic E-state index is 6.16. The van der Waals surface area contributed by atoms with Crippen LogP contribution in [0.5, 0.6) is 5.75 Å². The molecule has 0 spiro atoms. The minimum atomic E-state index is 0.165. The molecule has 0 saturated heterocycles. The minimum absolute atomic E-state index is 0.165. The fraction of sp³-hybridized carbons (Fsp3) is 0.667. The maximum Gasteiger partial charge on any atom is 0.121 e. The van der Waals surface area contributed by atoms with Gasteiger partial charge in [0.05, 0.1) is 0 Å². The summed E-state index contributed by atoms with van der Waals surface area (Å²) in [6.45, 7) is 5.46. The Morgan fingerprint density at radius 1 is 1.29 bits per heavy atom. The molecule has 2 nitrogen and oxygen atoms in total. The molecule has 0 radical (unpaired) electrons. The second-order valence-corrected chi connectivity index (χ2v) is 6.59. The number of hydrogen-bond donors (Lipinski definition) is 1. The lowest BCUT2D eigenvalue weighted by Gasteiger charge is -2.35. The molecule has 1 aromatic rings. The van der Waals surface area contributed by atoms with Gasteiger partial charge in [-0.1, -0.05) is 43.9 Å². The summed E-state index contributed by atoms with van der Waals surface area (Å²) in [5.41, 5.74) is 0. The van der Waals surface area contributed by atoms with Crippen LogP contribution in [0.4, 0.5) is 0 Å². The van der Waals surface area contributed by atoms with Gasteiger partial charge in [-0.3, -0.25) is 0 Å². The van der Waals surface area contributed by atoms with Gasteiger partial charge in [0.25, 0.3) is 0 Å². The van der Waals surface area contributed by atoms with E-state index in [9.17, 15) is 0 Å². The molecular weight excluding hydrogens is 282 g/mol. The first-order valence-corrected chi connectivity index (χ1v) is 8.74. The van der Waals surface area contributed by atoms with E-state index in [-0.39, 0.29) is 6.10 Å². The Bertz CT molecular complexity index is 417. The van der Waals surface area contributed by atoms with E-state index in [2.05, 4.69) is 19.2 Å². The van der Waals surface area contributed by atoms with Crippen molar-refractivity contribution in [2.45, 2.75) is 64.5 Å². The molecule has 1 N–H and O–H groups in total. The predicted octanol–water partition coefficient (Wildman–Crippen LogP) is 5.06. The molecule has 0 amide bonds. The van der Waals surface area contributed by atoms with Crippen LogP contribution in [0, 0.1) is 5.92 Å². The first kappa shape index (κ1) is 16.6. The van der Waals surface area contributed by atoms with E-state index in [1.807, 2.05) is 24.3 Å². The summed E-state index contributed by atoms with van der Waals surface area (Å²) in [4.78, 5) is 0. The lowest BCUT2D eigenvalue weighted by atomic mass is 9.82. The van der Waals surface area contributed by atoms with E-state index < -0.39 is 0 Å². The van der Waals surface area contributed by atoms with Gasteiger partial charge in [-0.05, 0) is 56.8 Å². The van der Waals surface area contributed by atoms with E-state index in [1.165, 1.54) is 32.1 Å². The lowest BCUT2D eigenvalue weighted by Crippen LogP contribution is -2.47. The summed E-state index contributed by atoms with van der Waals surface area (Å²) in [5.74, 6) is 1.61. The zero-order valence-corrected chi connectivity index (χ0v) is 14.0. The summed E-state index contributed by atoms with van der Waals surface area (Å²) in [6.07, 6.45) is 8.08. The zero-order chi connectivity index (χ0) is 15.1. The Kier molecular flexibility index (Phi) is 6.85. The van der Waals surface area contributed by atoms with E-state index in [0.29, 0.717) is 6.04 Å². The Hall–Kier alpha value is -0.730. The number of nitrogens with one attached hydrogen (secondary N) is 1. The first-order valence-electron chi connectivity index (χ1n) is 8.36. The first-order chi connectivity index (χ1) is 10.2. The van der Waals surface area contributed by atoms with Crippen molar-refractivity contribution in [3.05, 3.63) is 29.3 Å². The van der Waals surface area contributed by atoms with Crippen LogP contribution < -0.4 is 10.1 Å². The van der Waals surface area contributed by atoms with Crippen molar-refractivity contribution in [3.8, 4) is 5.75 Å². The minimum Gasteiger partial charge on any atom is -0.489 e. The molecule has 2 rings (SSSR count). The van der Waals surface area contributed by atoms with Crippen molar-refractivity contribution >= 4 is 11.6 Å². The Morgan fingerprint density at radius 3 is 2.71 bits per heavy atom. The van der Waals surface area contributed by atoms with Crippen LogP contribution >= 0.6 is 11.6 Å². The molecule has 0 heterocycles. The molecular formula is C18H28ClNO. The number of halogens is 1. The molecule has 1 aliphatic carbocycles. The van der Waals surface area contributed by atoms with Gasteiger partial charge in [-0.25, -0.2) is 0 Å². The molecule has 1 aliphatic rings. The van der Waals surface area contributed by atoms with Crippen molar-refractivity contribution in [2.75, 3.05) is 6.54 Å². The van der Waals surface area contributed by atoms with Crippen LogP contribution in [0.3, 0.4) is 0 Å². The number of benzene rings is 1. The standard InChI is InChI=1S/C18H28ClNO/c1-3-12-20-18(15-8-5-4-6-9-15)14(2)21-17-11-7-10-16(19)13-17/h7,10-11,13-15,18,20H,3-6,8-9,12H2,1-2H3. The Labute approximate surface area is 134 Å². The van der Waals surface area contributed by atoms with E-state index in [0.717, 1.165) is 29.7 Å². The molecule has 3 heteroatoms. The van der Waals surface area contributed by atoms with Gasteiger partial charge < -0.3 is 10.1 Å². The summed E-state index contributed by atoms with van der Waals surface area (Å²) in [5, 5.41) is 4.45. The number of ether oxygens (including phenoxy) is 1. The van der Waals surface area contributed by atoms with Crippen LogP contribution in [-0.4, -0.2) is 18.7 Å². The highest BCUT2D eigenvalue weighted by molar-refractivity contribution is 6.30. The van der Waals surface area contributed by atoms with Crippen LogP contribution in [0.15, 0.2) is 24.3 Å². The summed E-state index contributed by atoms with van der Waals surface area (Å²) >= 11 is 6.04. The highest BCUT2D eigenvalue weighted by Crippen LogP contribution is 2.29. The Morgan fingerprint density at radius 2 is 2.05 bits per heavy atom. The van der Waals surface area contributed by atoms with Gasteiger partial charge in [0, 0.05) is 11.1 Å². The van der Waals surface area contributed by atoms with Crippen LogP contribution in [0.2, 0.25) is 5.02 Å². The Balaban J connectivity index is 2.00. The van der Waals surface area contributed by atoms with Crippen molar-refractivity contribution in [3.63, 3.8) is 0 Å². The third kappa shape index (κ3) is 5.19. The van der Waals surface area contributed by atoms with Gasteiger partial charge in [-0.15, -0.1) is 0 Å². The summed E-state index contributed by atoms with van der Waals surface area (Å²) in [6, 6.07) is 8.15. The van der Waals surface area contributed by atoms with Gasteiger partial charge in [0.1, 0.15) is 11.9 Å². The average Bonchev–Trinajstić information content (AvgIpc) is 2.49. The molecule has 118 valence electrons. The highest BCUT2D eigenvalue weighted by Gasteiger charge is 2.28. The molecule has 21 heavy (non-hydrogen) atoms. The second kappa shape index (κ2) is 8.65. The fourth-order valence-electron chi connectivity index (χ4n) is 3.35. The van der Waals surface area contributed by atoms with Crippen molar-refractivity contribution in [2.24, 2.45) is 5.92 Å². The number of hydrogen-bond acceptors (Lipinski definition) is 2. The largest absolute Gasteiger partial charge is 0.489 e. The predicted molar refractivity (Wildman–Crippen MR) is 90.2 cm³/mol. The van der Waals surface area contributed by atoms with Gasteiger partial charge in [0.2, 0.25) is 0 Å². The van der Waals surface area contributed by atoms with Gasteiger partial charge in [-0.2, -0.15) is 0 Å². The van der Waals surface area contributed by atoms with Crippen LogP contribution in [0.1, 0.15) is 52.4 Å². The maximum absolute atomic E-state index is 6.16. The highest BCUT2D eigenvalue weighted by atomic mass is 35.5. The van der Waals surface area contributed by atoms with Crippen LogP contribution in [-0.2, 0) is 0 Å². The molecule has 0 bridgehead atoms. The fourth-order valence-corrected chi connectivity index (χ4v) is 3.53. The molecule has 1 fully saturated rings. The molecule has 1 aromatic carbocycles. The van der Waals surface area contributed by atoms with Gasteiger partial charge >= 0.3 is 0 Å². The monoisotopic (exact) mass is 309 g/mol. The van der Waals surface area contributed by atoms with Crippen LogP contribution in [0.25, 0.3) is 0 Å². The van der Waals surface area contributed by atoms with Crippen molar-refractivity contribution in [1.82, 2.24) is 5.32 Å². The molecule has 2 atom stereocenters. The van der Waals surface area contributed by atoms with E-state index >= 15 is 0 Å². The quantitative estimate of drug-likeness (QED) is 0.760. The normalized spacial score (nSPS) is 19.2. The third-order valence-electron chi connectivity index (χ3n) is 4.41. The lowest BCUT2D eigenvalue weighted by molar-refractivity contribution is 0.117. The molecule has 2 unspecified atom stereocenters. The molecule has 0 aromatic heterocycles. The number of rotatable bonds is 7. The van der Waals surface area contributed by atoms with Gasteiger partial charge in [0.15, 0.2) is 0 Å². The van der Waals surface area contributed by atoms with E-state index in [4.69, 9.17) is 16.3 Å². The molecule has 0 aliphatic heterocycles. The smallest absolute Gasteiger partial charge is 0.121 e. The van der Waals surface area contributed by atoms with Crippen molar-refractivity contribution in [1.29, 1.82) is 0 Å². The zero-order valence-electron chi connectivity index (χ0n) is 13.3. The third-order valence-corrected chi connectivity index (χ3v) is 4.65.